The summed E-state index contributed by atoms with van der Waals surface area (Å²) in [4.78, 5) is 0. The highest BCUT2D eigenvalue weighted by atomic mass is 35.5. The lowest BCUT2D eigenvalue weighted by Gasteiger charge is -2.30. The van der Waals surface area contributed by atoms with Gasteiger partial charge in [-0.2, -0.15) is 0 Å². The number of hydrogen-bond acceptors (Lipinski definition) is 4. The standard InChI is InChI=1S/C13H18Cl2N2O2S/c14-10-4-3-5-11(15)9(10)8-12(17-16)13-6-1-2-7-20(13,18)19/h3-5,12-13,17H,1-2,6-8,16H2. The first kappa shape index (κ1) is 16.0. The number of halogens is 2. The van der Waals surface area contributed by atoms with Crippen LogP contribution in [0.1, 0.15) is 24.8 Å². The molecule has 0 spiro atoms. The SMILES string of the molecule is NNC(Cc1c(Cl)cccc1Cl)C1CCCCS1(=O)=O. The largest absolute Gasteiger partial charge is 0.271 e. The molecule has 0 amide bonds. The van der Waals surface area contributed by atoms with Crippen molar-refractivity contribution in [3.8, 4) is 0 Å². The average molecular weight is 337 g/mol. The van der Waals surface area contributed by atoms with Crippen molar-refractivity contribution in [1.82, 2.24) is 5.43 Å². The Morgan fingerprint density at radius 2 is 1.95 bits per heavy atom. The maximum atomic E-state index is 12.2. The van der Waals surface area contributed by atoms with E-state index in [4.69, 9.17) is 29.0 Å². The molecule has 112 valence electrons. The molecule has 0 aliphatic carbocycles. The van der Waals surface area contributed by atoms with Crippen molar-refractivity contribution in [2.45, 2.75) is 37.0 Å². The van der Waals surface area contributed by atoms with E-state index >= 15 is 0 Å². The number of benzene rings is 1. The van der Waals surface area contributed by atoms with Gasteiger partial charge in [0.2, 0.25) is 0 Å². The molecular formula is C13H18Cl2N2O2S. The predicted octanol–water partition coefficient (Wildman–Crippen LogP) is 2.34. The lowest BCUT2D eigenvalue weighted by Crippen LogP contribution is -2.50. The van der Waals surface area contributed by atoms with Crippen LogP contribution in [-0.4, -0.2) is 25.5 Å². The number of rotatable bonds is 4. The van der Waals surface area contributed by atoms with Crippen LogP contribution in [0.3, 0.4) is 0 Å². The van der Waals surface area contributed by atoms with Crippen LogP contribution >= 0.6 is 23.2 Å². The fourth-order valence-electron chi connectivity index (χ4n) is 2.68. The minimum absolute atomic E-state index is 0.228. The monoisotopic (exact) mass is 336 g/mol. The smallest absolute Gasteiger partial charge is 0.154 e. The lowest BCUT2D eigenvalue weighted by atomic mass is 10.00. The lowest BCUT2D eigenvalue weighted by molar-refractivity contribution is 0.440. The van der Waals surface area contributed by atoms with Crippen molar-refractivity contribution in [2.24, 2.45) is 5.84 Å². The van der Waals surface area contributed by atoms with Crippen molar-refractivity contribution in [3.63, 3.8) is 0 Å². The van der Waals surface area contributed by atoms with Crippen LogP contribution in [0.2, 0.25) is 10.0 Å². The molecule has 0 radical (unpaired) electrons. The molecular weight excluding hydrogens is 319 g/mol. The zero-order valence-corrected chi connectivity index (χ0v) is 13.3. The molecule has 4 nitrogen and oxygen atoms in total. The molecule has 1 saturated heterocycles. The van der Waals surface area contributed by atoms with Gasteiger partial charge in [-0.15, -0.1) is 0 Å². The molecule has 0 aromatic heterocycles. The Balaban J connectivity index is 2.25. The molecule has 0 saturated carbocycles. The quantitative estimate of drug-likeness (QED) is 0.653. The molecule has 2 atom stereocenters. The van der Waals surface area contributed by atoms with Crippen LogP contribution in [0.5, 0.6) is 0 Å². The van der Waals surface area contributed by atoms with E-state index in [1.54, 1.807) is 18.2 Å². The third-order valence-corrected chi connectivity index (χ3v) is 6.83. The average Bonchev–Trinajstić information content (AvgIpc) is 2.39. The van der Waals surface area contributed by atoms with E-state index in [1.807, 2.05) is 0 Å². The Kier molecular flexibility index (Phi) is 5.31. The Morgan fingerprint density at radius 1 is 1.30 bits per heavy atom. The maximum Gasteiger partial charge on any atom is 0.154 e. The van der Waals surface area contributed by atoms with Gasteiger partial charge in [-0.05, 0) is 37.0 Å². The van der Waals surface area contributed by atoms with E-state index in [1.165, 1.54) is 0 Å². The summed E-state index contributed by atoms with van der Waals surface area (Å²) in [5, 5.41) is 0.588. The van der Waals surface area contributed by atoms with Crippen LogP contribution in [-0.2, 0) is 16.3 Å². The normalized spacial score (nSPS) is 23.4. The van der Waals surface area contributed by atoms with Crippen LogP contribution in [0.15, 0.2) is 18.2 Å². The molecule has 0 bridgehead atoms. The molecule has 1 aliphatic heterocycles. The summed E-state index contributed by atoms with van der Waals surface area (Å²) in [5.74, 6) is 5.80. The number of nitrogens with two attached hydrogens (primary N) is 1. The Bertz CT molecular complexity index is 557. The summed E-state index contributed by atoms with van der Waals surface area (Å²) in [6.45, 7) is 0. The highest BCUT2D eigenvalue weighted by Gasteiger charge is 2.35. The molecule has 1 aromatic carbocycles. The van der Waals surface area contributed by atoms with Gasteiger partial charge in [-0.1, -0.05) is 35.7 Å². The minimum atomic E-state index is -3.11. The van der Waals surface area contributed by atoms with Gasteiger partial charge >= 0.3 is 0 Å². The molecule has 1 aliphatic rings. The van der Waals surface area contributed by atoms with E-state index in [0.29, 0.717) is 22.9 Å². The van der Waals surface area contributed by atoms with Crippen molar-refractivity contribution in [3.05, 3.63) is 33.8 Å². The molecule has 1 fully saturated rings. The van der Waals surface area contributed by atoms with Crippen molar-refractivity contribution < 1.29 is 8.42 Å². The van der Waals surface area contributed by atoms with Gasteiger partial charge in [-0.3, -0.25) is 11.3 Å². The number of sulfone groups is 1. The van der Waals surface area contributed by atoms with Crippen LogP contribution in [0.4, 0.5) is 0 Å². The van der Waals surface area contributed by atoms with Gasteiger partial charge in [0.1, 0.15) is 0 Å². The molecule has 2 unspecified atom stereocenters. The van der Waals surface area contributed by atoms with Gasteiger partial charge in [0.15, 0.2) is 9.84 Å². The van der Waals surface area contributed by atoms with E-state index in [2.05, 4.69) is 5.43 Å². The van der Waals surface area contributed by atoms with Gasteiger partial charge in [0, 0.05) is 16.1 Å². The van der Waals surface area contributed by atoms with Gasteiger partial charge in [-0.25, -0.2) is 8.42 Å². The molecule has 2 rings (SSSR count). The van der Waals surface area contributed by atoms with E-state index < -0.39 is 15.1 Å². The van der Waals surface area contributed by atoms with Crippen LogP contribution in [0, 0.1) is 0 Å². The fraction of sp³-hybridized carbons (Fsp3) is 0.538. The van der Waals surface area contributed by atoms with E-state index in [-0.39, 0.29) is 11.8 Å². The van der Waals surface area contributed by atoms with Gasteiger partial charge in [0.05, 0.1) is 11.0 Å². The van der Waals surface area contributed by atoms with Crippen LogP contribution in [0.25, 0.3) is 0 Å². The second kappa shape index (κ2) is 6.62. The maximum absolute atomic E-state index is 12.2. The summed E-state index contributed by atoms with van der Waals surface area (Å²) < 4.78 is 24.4. The predicted molar refractivity (Wildman–Crippen MR) is 82.7 cm³/mol. The topological polar surface area (TPSA) is 72.2 Å². The van der Waals surface area contributed by atoms with Crippen LogP contribution < -0.4 is 11.3 Å². The fourth-order valence-corrected chi connectivity index (χ4v) is 5.34. The second-order valence-electron chi connectivity index (χ2n) is 5.08. The highest BCUT2D eigenvalue weighted by molar-refractivity contribution is 7.92. The highest BCUT2D eigenvalue weighted by Crippen LogP contribution is 2.29. The molecule has 7 heteroatoms. The summed E-state index contributed by atoms with van der Waals surface area (Å²) in [7, 11) is -3.11. The summed E-state index contributed by atoms with van der Waals surface area (Å²) in [6, 6.07) is 4.87. The third-order valence-electron chi connectivity index (χ3n) is 3.78. The molecule has 1 aromatic rings. The molecule has 1 heterocycles. The Morgan fingerprint density at radius 3 is 2.50 bits per heavy atom. The first-order valence-corrected chi connectivity index (χ1v) is 9.03. The first-order valence-electron chi connectivity index (χ1n) is 6.56. The zero-order valence-electron chi connectivity index (χ0n) is 11.0. The van der Waals surface area contributed by atoms with Crippen molar-refractivity contribution in [1.29, 1.82) is 0 Å². The zero-order chi connectivity index (χ0) is 14.8. The van der Waals surface area contributed by atoms with Gasteiger partial charge < -0.3 is 0 Å². The Labute approximate surface area is 129 Å². The van der Waals surface area contributed by atoms with E-state index in [0.717, 1.165) is 18.4 Å². The summed E-state index contributed by atoms with van der Waals surface area (Å²) in [6.07, 6.45) is 2.65. The summed E-state index contributed by atoms with van der Waals surface area (Å²) in [5.41, 5.74) is 3.37. The molecule has 20 heavy (non-hydrogen) atoms. The van der Waals surface area contributed by atoms with Crippen molar-refractivity contribution in [2.75, 3.05) is 5.75 Å². The third kappa shape index (κ3) is 3.46. The second-order valence-corrected chi connectivity index (χ2v) is 8.23. The number of hydrazine groups is 1. The number of nitrogens with one attached hydrogen (secondary N) is 1. The van der Waals surface area contributed by atoms with Crippen molar-refractivity contribution >= 4 is 33.0 Å². The molecule has 3 N–H and O–H groups in total. The van der Waals surface area contributed by atoms with E-state index in [9.17, 15) is 8.42 Å². The Hall–Kier alpha value is -0.330. The number of hydrogen-bond donors (Lipinski definition) is 2. The summed E-state index contributed by atoms with van der Waals surface area (Å²) >= 11 is 12.3. The first-order chi connectivity index (χ1) is 9.45. The minimum Gasteiger partial charge on any atom is -0.271 e. The van der Waals surface area contributed by atoms with Gasteiger partial charge in [0.25, 0.3) is 0 Å².